The van der Waals surface area contributed by atoms with Gasteiger partial charge in [-0.2, -0.15) is 0 Å². The van der Waals surface area contributed by atoms with Gasteiger partial charge >= 0.3 is 0 Å². The highest BCUT2D eigenvalue weighted by Gasteiger charge is 2.21. The van der Waals surface area contributed by atoms with Crippen molar-refractivity contribution in [2.75, 3.05) is 6.54 Å². The van der Waals surface area contributed by atoms with Crippen molar-refractivity contribution < 1.29 is 9.21 Å². The molecule has 0 aliphatic rings. The predicted octanol–water partition coefficient (Wildman–Crippen LogP) is 4.35. The Morgan fingerprint density at radius 1 is 1.33 bits per heavy atom. The molecule has 0 bridgehead atoms. The number of hydrogen-bond acceptors (Lipinski definition) is 3. The standard InChI is InChI=1S/C17H23NO2S/c1-17(2,3)11-16(19)18(12-14-7-9-20-13-14)8-6-15-5-4-10-21-15/h4-5,7,9-10,13H,6,8,11-12H2,1-3H3. The molecule has 2 aromatic rings. The number of carbonyl (C=O) groups is 1. The number of hydrogen-bond donors (Lipinski definition) is 0. The molecule has 0 fully saturated rings. The van der Waals surface area contributed by atoms with Crippen molar-refractivity contribution in [1.82, 2.24) is 4.90 Å². The summed E-state index contributed by atoms with van der Waals surface area (Å²) in [5.74, 6) is 0.209. The molecule has 0 spiro atoms. The van der Waals surface area contributed by atoms with Gasteiger partial charge in [-0.05, 0) is 29.3 Å². The molecule has 1 amide bonds. The Hall–Kier alpha value is -1.55. The molecule has 0 N–H and O–H groups in total. The van der Waals surface area contributed by atoms with E-state index < -0.39 is 0 Å². The van der Waals surface area contributed by atoms with E-state index in [-0.39, 0.29) is 11.3 Å². The van der Waals surface area contributed by atoms with Crippen molar-refractivity contribution >= 4 is 17.2 Å². The van der Waals surface area contributed by atoms with E-state index in [9.17, 15) is 4.79 Å². The van der Waals surface area contributed by atoms with Crippen LogP contribution in [0.4, 0.5) is 0 Å². The molecule has 4 heteroatoms. The predicted molar refractivity (Wildman–Crippen MR) is 86.2 cm³/mol. The van der Waals surface area contributed by atoms with Gasteiger partial charge < -0.3 is 9.32 Å². The summed E-state index contributed by atoms with van der Waals surface area (Å²) in [6.07, 6.45) is 4.84. The number of furan rings is 1. The molecule has 114 valence electrons. The molecule has 3 nitrogen and oxygen atoms in total. The number of rotatable bonds is 6. The smallest absolute Gasteiger partial charge is 0.223 e. The van der Waals surface area contributed by atoms with Crippen molar-refractivity contribution in [2.45, 2.75) is 40.2 Å². The first-order valence-corrected chi connectivity index (χ1v) is 8.13. The fraction of sp³-hybridized carbons (Fsp3) is 0.471. The number of thiophene rings is 1. The minimum absolute atomic E-state index is 0.00859. The lowest BCUT2D eigenvalue weighted by Crippen LogP contribution is -2.34. The Kier molecular flexibility index (Phi) is 5.23. The third kappa shape index (κ3) is 5.38. The lowest BCUT2D eigenvalue weighted by molar-refractivity contribution is -0.133. The summed E-state index contributed by atoms with van der Waals surface area (Å²) >= 11 is 1.74. The van der Waals surface area contributed by atoms with Crippen molar-refractivity contribution in [2.24, 2.45) is 5.41 Å². The normalized spacial score (nSPS) is 11.6. The number of nitrogens with zero attached hydrogens (tertiary/aromatic N) is 1. The minimum atomic E-state index is 0.00859. The van der Waals surface area contributed by atoms with Crippen LogP contribution in [0, 0.1) is 5.41 Å². The second-order valence-corrected chi connectivity index (χ2v) is 7.55. The van der Waals surface area contributed by atoms with E-state index in [1.807, 2.05) is 11.0 Å². The van der Waals surface area contributed by atoms with Crippen LogP contribution >= 0.6 is 11.3 Å². The van der Waals surface area contributed by atoms with Crippen molar-refractivity contribution in [3.05, 3.63) is 46.5 Å². The van der Waals surface area contributed by atoms with Gasteiger partial charge in [0.15, 0.2) is 0 Å². The first kappa shape index (κ1) is 15.8. The average molecular weight is 305 g/mol. The zero-order valence-electron chi connectivity index (χ0n) is 13.0. The zero-order valence-corrected chi connectivity index (χ0v) is 13.8. The molecule has 0 saturated carbocycles. The van der Waals surface area contributed by atoms with Crippen LogP contribution < -0.4 is 0 Å². The van der Waals surface area contributed by atoms with Crippen LogP contribution in [0.15, 0.2) is 40.5 Å². The summed E-state index contributed by atoms with van der Waals surface area (Å²) in [5, 5.41) is 2.08. The Morgan fingerprint density at radius 2 is 2.14 bits per heavy atom. The first-order chi connectivity index (χ1) is 9.94. The van der Waals surface area contributed by atoms with E-state index in [0.29, 0.717) is 13.0 Å². The molecule has 0 unspecified atom stereocenters. The second-order valence-electron chi connectivity index (χ2n) is 6.51. The van der Waals surface area contributed by atoms with E-state index in [2.05, 4.69) is 38.3 Å². The summed E-state index contributed by atoms with van der Waals surface area (Å²) < 4.78 is 5.11. The summed E-state index contributed by atoms with van der Waals surface area (Å²) in [7, 11) is 0. The van der Waals surface area contributed by atoms with Gasteiger partial charge in [0, 0.05) is 30.0 Å². The van der Waals surface area contributed by atoms with Gasteiger partial charge in [0.05, 0.1) is 12.5 Å². The zero-order chi connectivity index (χ0) is 15.3. The highest BCUT2D eigenvalue weighted by molar-refractivity contribution is 7.09. The lowest BCUT2D eigenvalue weighted by Gasteiger charge is -2.26. The SMILES string of the molecule is CC(C)(C)CC(=O)N(CCc1cccs1)Cc1ccoc1. The molecule has 0 radical (unpaired) electrons. The van der Waals surface area contributed by atoms with Gasteiger partial charge in [0.25, 0.3) is 0 Å². The van der Waals surface area contributed by atoms with Gasteiger partial charge in [0.2, 0.25) is 5.91 Å². The number of amides is 1. The third-order valence-corrected chi connectivity index (χ3v) is 4.13. The maximum Gasteiger partial charge on any atom is 0.223 e. The van der Waals surface area contributed by atoms with E-state index in [1.165, 1.54) is 4.88 Å². The molecule has 21 heavy (non-hydrogen) atoms. The topological polar surface area (TPSA) is 33.5 Å². The van der Waals surface area contributed by atoms with Crippen molar-refractivity contribution in [3.63, 3.8) is 0 Å². The molecule has 2 aromatic heterocycles. The molecular formula is C17H23NO2S. The van der Waals surface area contributed by atoms with E-state index in [4.69, 9.17) is 4.42 Å². The maximum absolute atomic E-state index is 12.5. The Morgan fingerprint density at radius 3 is 2.71 bits per heavy atom. The third-order valence-electron chi connectivity index (χ3n) is 3.20. The van der Waals surface area contributed by atoms with Gasteiger partial charge in [-0.3, -0.25) is 4.79 Å². The summed E-state index contributed by atoms with van der Waals surface area (Å²) in [4.78, 5) is 15.8. The molecule has 0 aromatic carbocycles. The highest BCUT2D eigenvalue weighted by Crippen LogP contribution is 2.21. The summed E-state index contributed by atoms with van der Waals surface area (Å²) in [6.45, 7) is 7.66. The Balaban J connectivity index is 2.00. The fourth-order valence-electron chi connectivity index (χ4n) is 2.16. The Labute approximate surface area is 130 Å². The second kappa shape index (κ2) is 6.94. The summed E-state index contributed by atoms with van der Waals surface area (Å²) in [6, 6.07) is 6.09. The van der Waals surface area contributed by atoms with Crippen LogP contribution in [-0.4, -0.2) is 17.4 Å². The van der Waals surface area contributed by atoms with E-state index >= 15 is 0 Å². The molecule has 0 saturated heterocycles. The van der Waals surface area contributed by atoms with Crippen LogP contribution in [0.2, 0.25) is 0 Å². The fourth-order valence-corrected chi connectivity index (χ4v) is 2.86. The van der Waals surface area contributed by atoms with Crippen LogP contribution in [0.1, 0.15) is 37.6 Å². The average Bonchev–Trinajstić information content (AvgIpc) is 3.05. The van der Waals surface area contributed by atoms with Gasteiger partial charge in [-0.15, -0.1) is 11.3 Å². The van der Waals surface area contributed by atoms with Crippen LogP contribution in [-0.2, 0) is 17.8 Å². The van der Waals surface area contributed by atoms with Crippen molar-refractivity contribution in [3.8, 4) is 0 Å². The molecular weight excluding hydrogens is 282 g/mol. The minimum Gasteiger partial charge on any atom is -0.472 e. The molecule has 2 heterocycles. The molecule has 0 aliphatic carbocycles. The van der Waals surface area contributed by atoms with E-state index in [0.717, 1.165) is 18.5 Å². The quantitative estimate of drug-likeness (QED) is 0.795. The van der Waals surface area contributed by atoms with Crippen molar-refractivity contribution in [1.29, 1.82) is 0 Å². The first-order valence-electron chi connectivity index (χ1n) is 7.25. The van der Waals surface area contributed by atoms with Gasteiger partial charge in [0.1, 0.15) is 0 Å². The Bertz CT molecular complexity index is 538. The van der Waals surface area contributed by atoms with Crippen LogP contribution in [0.5, 0.6) is 0 Å². The molecule has 0 atom stereocenters. The van der Waals surface area contributed by atoms with E-state index in [1.54, 1.807) is 23.9 Å². The van der Waals surface area contributed by atoms with Crippen LogP contribution in [0.3, 0.4) is 0 Å². The lowest BCUT2D eigenvalue weighted by atomic mass is 9.91. The maximum atomic E-state index is 12.5. The summed E-state index contributed by atoms with van der Waals surface area (Å²) in [5.41, 5.74) is 1.05. The molecule has 2 rings (SSSR count). The molecule has 0 aliphatic heterocycles. The van der Waals surface area contributed by atoms with Gasteiger partial charge in [-0.1, -0.05) is 26.8 Å². The highest BCUT2D eigenvalue weighted by atomic mass is 32.1. The monoisotopic (exact) mass is 305 g/mol. The number of carbonyl (C=O) groups excluding carboxylic acids is 1. The largest absolute Gasteiger partial charge is 0.472 e. The van der Waals surface area contributed by atoms with Gasteiger partial charge in [-0.25, -0.2) is 0 Å². The van der Waals surface area contributed by atoms with Crippen LogP contribution in [0.25, 0.3) is 0 Å².